The van der Waals surface area contributed by atoms with E-state index in [1.54, 1.807) is 41.5 Å². The fourth-order valence-electron chi connectivity index (χ4n) is 4.85. The van der Waals surface area contributed by atoms with Crippen LogP contribution < -0.4 is 15.4 Å². The van der Waals surface area contributed by atoms with Gasteiger partial charge in [0.2, 0.25) is 5.91 Å². The molecule has 4 rings (SSSR count). The van der Waals surface area contributed by atoms with Gasteiger partial charge in [-0.05, 0) is 60.5 Å². The van der Waals surface area contributed by atoms with Crippen LogP contribution >= 0.6 is 7.82 Å². The van der Waals surface area contributed by atoms with Crippen LogP contribution in [0.3, 0.4) is 0 Å². The summed E-state index contributed by atoms with van der Waals surface area (Å²) in [4.78, 5) is 30.8. The van der Waals surface area contributed by atoms with Gasteiger partial charge in [0, 0.05) is 37.8 Å². The van der Waals surface area contributed by atoms with Crippen molar-refractivity contribution in [3.05, 3.63) is 40.9 Å². The fourth-order valence-corrected chi connectivity index (χ4v) is 6.60. The molecule has 1 amide bonds. The molecule has 1 saturated carbocycles. The van der Waals surface area contributed by atoms with Crippen LogP contribution in [0.15, 0.2) is 29.4 Å². The second kappa shape index (κ2) is 14.5. The van der Waals surface area contributed by atoms with E-state index in [-0.39, 0.29) is 45.3 Å². The van der Waals surface area contributed by atoms with Crippen LogP contribution in [0.2, 0.25) is 0 Å². The highest BCUT2D eigenvalue weighted by Crippen LogP contribution is 2.55. The van der Waals surface area contributed by atoms with Crippen LogP contribution in [0.1, 0.15) is 80.5 Å². The van der Waals surface area contributed by atoms with E-state index >= 15 is 0 Å². The number of pyridine rings is 1. The van der Waals surface area contributed by atoms with Crippen LogP contribution in [0.5, 0.6) is 5.75 Å². The highest BCUT2D eigenvalue weighted by molar-refractivity contribution is 7.48. The quantitative estimate of drug-likeness (QED) is 0.157. The van der Waals surface area contributed by atoms with Crippen molar-refractivity contribution in [2.45, 2.75) is 84.6 Å². The Morgan fingerprint density at radius 3 is 2.28 bits per heavy atom. The van der Waals surface area contributed by atoms with E-state index in [4.69, 9.17) is 27.2 Å². The lowest BCUT2D eigenvalue weighted by Crippen LogP contribution is -2.27. The van der Waals surface area contributed by atoms with E-state index in [0.29, 0.717) is 12.8 Å². The predicted octanol–water partition coefficient (Wildman–Crippen LogP) is 6.71. The van der Waals surface area contributed by atoms with Gasteiger partial charge in [0.25, 0.3) is 0 Å². The Morgan fingerprint density at radius 1 is 1.12 bits per heavy atom. The predicted molar refractivity (Wildman–Crippen MR) is 176 cm³/mol. The van der Waals surface area contributed by atoms with E-state index in [0.717, 1.165) is 20.3 Å². The summed E-state index contributed by atoms with van der Waals surface area (Å²) < 4.78 is 113. The molecular weight excluding hydrogens is 686 g/mol. The first-order valence-electron chi connectivity index (χ1n) is 16.9. The molecule has 14 nitrogen and oxygen atoms in total. The highest BCUT2D eigenvalue weighted by atomic mass is 31.2. The molecule has 1 aliphatic rings. The van der Waals surface area contributed by atoms with Gasteiger partial charge in [-0.1, -0.05) is 6.07 Å². The van der Waals surface area contributed by atoms with Crippen LogP contribution in [0.25, 0.3) is 10.9 Å². The number of alkyl halides is 3. The van der Waals surface area contributed by atoms with Crippen molar-refractivity contribution >= 4 is 42.2 Å². The van der Waals surface area contributed by atoms with Gasteiger partial charge in [-0.25, -0.2) is 14.4 Å². The second-order valence-corrected chi connectivity index (χ2v) is 15.0. The number of halogens is 3. The standard InChI is InChI=1S/C32H43F3N5O9P/c1-30(2,3)48-50(43,49-31(4,5)6)47-17-40-16-20(29(42)46-10)21(15-23(40)37-28(41)18-11-12-18)36-27-24-22(39(7)38-27)14-13-19(25(24)44-8)26(45-9)32(33,34)35/h13-16,18,26H,11-12,17H2,1-10H3,(H,37,41)/t26-/m0/s1/i9D3. The van der Waals surface area contributed by atoms with E-state index in [9.17, 15) is 27.3 Å². The average Bonchev–Trinajstić information content (AvgIpc) is 3.80. The molecule has 0 spiro atoms. The molecular formula is C32H43F3N5O9P. The van der Waals surface area contributed by atoms with E-state index in [2.05, 4.69) is 20.1 Å². The molecule has 2 aromatic heterocycles. The number of rotatable bonds is 12. The van der Waals surface area contributed by atoms with Crippen molar-refractivity contribution in [2.75, 3.05) is 26.6 Å². The number of esters is 1. The molecule has 1 aromatic carbocycles. The molecule has 2 heterocycles. The summed E-state index contributed by atoms with van der Waals surface area (Å²) in [6, 6.07) is 3.55. The lowest BCUT2D eigenvalue weighted by atomic mass is 10.0. The Bertz CT molecular complexity index is 1960. The zero-order chi connectivity index (χ0) is 39.9. The summed E-state index contributed by atoms with van der Waals surface area (Å²) in [5.74, 6) is -2.23. The highest BCUT2D eigenvalue weighted by Gasteiger charge is 2.43. The van der Waals surface area contributed by atoms with E-state index < -0.39 is 62.4 Å². The van der Waals surface area contributed by atoms with Gasteiger partial charge in [0.05, 0.1) is 45.8 Å². The minimum atomic E-state index is -5.17. The molecule has 0 bridgehead atoms. The van der Waals surface area contributed by atoms with Gasteiger partial charge in [0.15, 0.2) is 11.9 Å². The summed E-state index contributed by atoms with van der Waals surface area (Å²) >= 11 is 0. The largest absolute Gasteiger partial charge is 0.496 e. The smallest absolute Gasteiger partial charge is 0.477 e. The van der Waals surface area contributed by atoms with Gasteiger partial charge in [0.1, 0.15) is 23.9 Å². The van der Waals surface area contributed by atoms with Crippen molar-refractivity contribution in [1.29, 1.82) is 0 Å². The monoisotopic (exact) mass is 732 g/mol. The van der Waals surface area contributed by atoms with Crippen molar-refractivity contribution in [2.24, 2.45) is 18.0 Å². The molecule has 276 valence electrons. The first-order valence-corrected chi connectivity index (χ1v) is 16.8. The summed E-state index contributed by atoms with van der Waals surface area (Å²) in [6.45, 7) is 9.34. The lowest BCUT2D eigenvalue weighted by molar-refractivity contribution is -0.216. The molecule has 0 aliphatic heterocycles. The number of amides is 1. The zero-order valence-corrected chi connectivity index (χ0v) is 30.0. The number of ether oxygens (including phenoxy) is 3. The molecule has 0 unspecified atom stereocenters. The number of carbonyl (C=O) groups is 2. The molecule has 1 fully saturated rings. The van der Waals surface area contributed by atoms with Crippen molar-refractivity contribution < 1.29 is 59.2 Å². The molecule has 0 saturated heterocycles. The van der Waals surface area contributed by atoms with Crippen molar-refractivity contribution in [3.8, 4) is 5.75 Å². The minimum absolute atomic E-state index is 0.0162. The fraction of sp³-hybridized carbons (Fsp3) is 0.562. The maximum Gasteiger partial charge on any atom is 0.477 e. The van der Waals surface area contributed by atoms with Crippen LogP contribution in [-0.4, -0.2) is 64.9 Å². The first kappa shape index (κ1) is 34.7. The Labute approximate surface area is 291 Å². The Balaban J connectivity index is 1.96. The van der Waals surface area contributed by atoms with Gasteiger partial charge >= 0.3 is 20.0 Å². The maximum atomic E-state index is 14.2. The topological polar surface area (TPSA) is 154 Å². The third kappa shape index (κ3) is 9.31. The number of aromatic nitrogens is 3. The number of carbonyl (C=O) groups excluding carboxylic acids is 2. The summed E-state index contributed by atoms with van der Waals surface area (Å²) in [7, 11) is -4.05. The summed E-state index contributed by atoms with van der Waals surface area (Å²) in [6.07, 6.45) is -5.60. The molecule has 1 N–H and O–H groups in total. The number of anilines is 1. The first-order chi connectivity index (χ1) is 24.2. The molecule has 1 aliphatic carbocycles. The van der Waals surface area contributed by atoms with Crippen LogP contribution in [0, 0.1) is 5.92 Å². The van der Waals surface area contributed by atoms with Gasteiger partial charge < -0.3 is 24.1 Å². The SMILES string of the molecule is [2H]C([2H])([2H])O[C@@H](c1ccc2c(c(N=c3cc(NC(=O)C4CC4)n(COP(=O)(OC(C)(C)C)OC(C)(C)C)cc3C(=O)OC)nn2C)c1OC)C(F)(F)F. The van der Waals surface area contributed by atoms with Crippen LogP contribution in [0.4, 0.5) is 24.8 Å². The van der Waals surface area contributed by atoms with E-state index in [1.165, 1.54) is 34.6 Å². The molecule has 50 heavy (non-hydrogen) atoms. The normalized spacial score (nSPS) is 16.5. The van der Waals surface area contributed by atoms with Crippen molar-refractivity contribution in [1.82, 2.24) is 14.3 Å². The number of nitrogens with zero attached hydrogens (tertiary/aromatic N) is 4. The van der Waals surface area contributed by atoms with Crippen molar-refractivity contribution in [3.63, 3.8) is 0 Å². The molecule has 3 aromatic rings. The number of aryl methyl sites for hydroxylation is 1. The van der Waals surface area contributed by atoms with E-state index in [1.807, 2.05) is 0 Å². The third-order valence-corrected chi connectivity index (χ3v) is 8.96. The Hall–Kier alpha value is -3.76. The van der Waals surface area contributed by atoms with Gasteiger partial charge in [-0.3, -0.25) is 23.0 Å². The number of benzene rings is 1. The number of fused-ring (bicyclic) bond motifs is 1. The number of phosphoric acid groups is 1. The number of hydrogen-bond acceptors (Lipinski definition) is 11. The molecule has 1 atom stereocenters. The number of methoxy groups -OCH3 is 3. The molecule has 0 radical (unpaired) electrons. The Kier molecular flexibility index (Phi) is 10.0. The van der Waals surface area contributed by atoms with Crippen LogP contribution in [-0.2, 0) is 46.2 Å². The maximum absolute atomic E-state index is 14.2. The zero-order valence-electron chi connectivity index (χ0n) is 32.1. The Morgan fingerprint density at radius 2 is 1.76 bits per heavy atom. The summed E-state index contributed by atoms with van der Waals surface area (Å²) in [5, 5.41) is 6.87. The minimum Gasteiger partial charge on any atom is -0.496 e. The second-order valence-electron chi connectivity index (χ2n) is 13.5. The number of nitrogens with one attached hydrogen (secondary N) is 1. The third-order valence-electron chi connectivity index (χ3n) is 6.99. The number of hydrogen-bond donors (Lipinski definition) is 1. The van der Waals surface area contributed by atoms with Gasteiger partial charge in [-0.15, -0.1) is 0 Å². The lowest BCUT2D eigenvalue weighted by Gasteiger charge is -2.31. The number of phosphoric ester groups is 1. The van der Waals surface area contributed by atoms with Gasteiger partial charge in [-0.2, -0.15) is 18.3 Å². The average molecular weight is 733 g/mol. The summed E-state index contributed by atoms with van der Waals surface area (Å²) in [5.41, 5.74) is -2.61. The molecule has 18 heteroatoms.